The molecule has 2 aromatic heterocycles. The van der Waals surface area contributed by atoms with Crippen molar-refractivity contribution in [2.24, 2.45) is 0 Å². The van der Waals surface area contributed by atoms with Crippen LogP contribution in [0, 0.1) is 11.3 Å². The molecule has 0 saturated carbocycles. The van der Waals surface area contributed by atoms with Gasteiger partial charge in [0.2, 0.25) is 10.0 Å². The molecule has 1 saturated heterocycles. The molecule has 1 fully saturated rings. The van der Waals surface area contributed by atoms with E-state index >= 15 is 0 Å². The average Bonchev–Trinajstić information content (AvgIpc) is 2.73. The molecule has 0 amide bonds. The first-order valence-electron chi connectivity index (χ1n) is 8.73. The maximum Gasteiger partial charge on any atom is 0.259 e. The average molecular weight is 395 g/mol. The second kappa shape index (κ2) is 7.07. The molecule has 0 spiro atoms. The largest absolute Gasteiger partial charge is 0.354 e. The minimum atomic E-state index is -3.76. The van der Waals surface area contributed by atoms with Gasteiger partial charge in [0.05, 0.1) is 10.5 Å². The summed E-state index contributed by atoms with van der Waals surface area (Å²) < 4.78 is 28.7. The predicted molar refractivity (Wildman–Crippen MR) is 104 cm³/mol. The van der Waals surface area contributed by atoms with Gasteiger partial charge in [0, 0.05) is 38.4 Å². The number of piperazine rings is 1. The Labute approximate surface area is 161 Å². The molecular formula is C19H17N5O3S. The Hall–Kier alpha value is -3.22. The van der Waals surface area contributed by atoms with E-state index in [1.807, 2.05) is 17.0 Å². The summed E-state index contributed by atoms with van der Waals surface area (Å²) in [6, 6.07) is 14.9. The normalized spacial score (nSPS) is 15.5. The predicted octanol–water partition coefficient (Wildman–Crippen LogP) is 1.08. The topological polar surface area (TPSA) is 98.8 Å². The summed E-state index contributed by atoms with van der Waals surface area (Å²) in [6.45, 7) is 1.31. The van der Waals surface area contributed by atoms with Gasteiger partial charge in [-0.15, -0.1) is 0 Å². The van der Waals surface area contributed by atoms with Gasteiger partial charge in [-0.05, 0) is 24.3 Å². The van der Waals surface area contributed by atoms with Gasteiger partial charge in [-0.2, -0.15) is 9.57 Å². The number of hydrogen-bond acceptors (Lipinski definition) is 6. The van der Waals surface area contributed by atoms with Crippen molar-refractivity contribution in [1.82, 2.24) is 13.7 Å². The second-order valence-electron chi connectivity index (χ2n) is 6.38. The van der Waals surface area contributed by atoms with Gasteiger partial charge in [0.25, 0.3) is 5.56 Å². The SMILES string of the molecule is N#Cc1ccccc1S(=O)(=O)N1CCN(c2cc(=O)n3ccccc3n2)CC1. The Morgan fingerprint density at radius 3 is 2.46 bits per heavy atom. The molecular weight excluding hydrogens is 378 g/mol. The third-order valence-electron chi connectivity index (χ3n) is 4.75. The van der Waals surface area contributed by atoms with Crippen LogP contribution in [0.1, 0.15) is 5.56 Å². The van der Waals surface area contributed by atoms with Gasteiger partial charge in [0.15, 0.2) is 0 Å². The van der Waals surface area contributed by atoms with Crippen LogP contribution in [-0.2, 0) is 10.0 Å². The van der Waals surface area contributed by atoms with Crippen molar-refractivity contribution in [2.75, 3.05) is 31.1 Å². The standard InChI is InChI=1S/C19H17N5O3S/c20-14-15-5-1-2-6-16(15)28(26,27)23-11-9-22(10-12-23)18-13-19(25)24-8-4-3-7-17(24)21-18/h1-8,13H,9-12H2. The monoisotopic (exact) mass is 395 g/mol. The van der Waals surface area contributed by atoms with E-state index in [0.29, 0.717) is 24.6 Å². The van der Waals surface area contributed by atoms with E-state index in [1.54, 1.807) is 30.5 Å². The fourth-order valence-corrected chi connectivity index (χ4v) is 4.85. The van der Waals surface area contributed by atoms with Crippen molar-refractivity contribution in [3.63, 3.8) is 0 Å². The number of anilines is 1. The summed E-state index contributed by atoms with van der Waals surface area (Å²) in [6.07, 6.45) is 1.66. The van der Waals surface area contributed by atoms with Crippen molar-refractivity contribution in [1.29, 1.82) is 5.26 Å². The number of nitriles is 1. The van der Waals surface area contributed by atoms with Crippen molar-refractivity contribution >= 4 is 21.5 Å². The Morgan fingerprint density at radius 1 is 1.00 bits per heavy atom. The van der Waals surface area contributed by atoms with Gasteiger partial charge in [-0.1, -0.05) is 18.2 Å². The first kappa shape index (κ1) is 18.2. The molecule has 9 heteroatoms. The highest BCUT2D eigenvalue weighted by molar-refractivity contribution is 7.89. The van der Waals surface area contributed by atoms with Gasteiger partial charge < -0.3 is 4.90 Å². The van der Waals surface area contributed by atoms with Crippen LogP contribution in [0.4, 0.5) is 5.82 Å². The number of benzene rings is 1. The molecule has 0 aliphatic carbocycles. The smallest absolute Gasteiger partial charge is 0.259 e. The van der Waals surface area contributed by atoms with Gasteiger partial charge in [0.1, 0.15) is 17.5 Å². The van der Waals surface area contributed by atoms with Crippen LogP contribution in [-0.4, -0.2) is 48.3 Å². The third kappa shape index (κ3) is 3.13. The van der Waals surface area contributed by atoms with E-state index < -0.39 is 10.0 Å². The highest BCUT2D eigenvalue weighted by Crippen LogP contribution is 2.22. The summed E-state index contributed by atoms with van der Waals surface area (Å²) >= 11 is 0. The number of rotatable bonds is 3. The van der Waals surface area contributed by atoms with Crippen LogP contribution in [0.2, 0.25) is 0 Å². The van der Waals surface area contributed by atoms with Crippen molar-refractivity contribution in [3.8, 4) is 6.07 Å². The molecule has 1 aromatic carbocycles. The van der Waals surface area contributed by atoms with E-state index in [-0.39, 0.29) is 29.1 Å². The van der Waals surface area contributed by atoms with Crippen LogP contribution in [0.15, 0.2) is 64.4 Å². The van der Waals surface area contributed by atoms with Crippen LogP contribution in [0.5, 0.6) is 0 Å². The lowest BCUT2D eigenvalue weighted by molar-refractivity contribution is 0.383. The molecule has 0 bridgehead atoms. The van der Waals surface area contributed by atoms with Gasteiger partial charge >= 0.3 is 0 Å². The van der Waals surface area contributed by atoms with E-state index in [1.165, 1.54) is 26.9 Å². The molecule has 3 aromatic rings. The highest BCUT2D eigenvalue weighted by Gasteiger charge is 2.30. The summed E-state index contributed by atoms with van der Waals surface area (Å²) in [4.78, 5) is 18.7. The van der Waals surface area contributed by atoms with Crippen molar-refractivity contribution in [3.05, 3.63) is 70.6 Å². The summed E-state index contributed by atoms with van der Waals surface area (Å²) in [5.74, 6) is 0.533. The first-order chi connectivity index (χ1) is 13.5. The summed E-state index contributed by atoms with van der Waals surface area (Å²) in [5.41, 5.74) is 0.496. The van der Waals surface area contributed by atoms with E-state index in [4.69, 9.17) is 0 Å². The lowest BCUT2D eigenvalue weighted by atomic mass is 10.2. The number of hydrogen-bond donors (Lipinski definition) is 0. The highest BCUT2D eigenvalue weighted by atomic mass is 32.2. The quantitative estimate of drug-likeness (QED) is 0.658. The Morgan fingerprint density at radius 2 is 1.71 bits per heavy atom. The zero-order valence-electron chi connectivity index (χ0n) is 14.9. The molecule has 28 heavy (non-hydrogen) atoms. The fourth-order valence-electron chi connectivity index (χ4n) is 3.28. The zero-order valence-corrected chi connectivity index (χ0v) is 15.7. The Balaban J connectivity index is 1.57. The molecule has 0 atom stereocenters. The van der Waals surface area contributed by atoms with E-state index in [2.05, 4.69) is 4.98 Å². The van der Waals surface area contributed by atoms with Gasteiger partial charge in [-0.25, -0.2) is 13.4 Å². The van der Waals surface area contributed by atoms with E-state index in [9.17, 15) is 18.5 Å². The van der Waals surface area contributed by atoms with E-state index in [0.717, 1.165) is 0 Å². The number of aromatic nitrogens is 2. The second-order valence-corrected chi connectivity index (χ2v) is 8.29. The Bertz CT molecular complexity index is 1240. The minimum absolute atomic E-state index is 0.0213. The molecule has 1 aliphatic rings. The Kier molecular flexibility index (Phi) is 4.58. The van der Waals surface area contributed by atoms with Crippen LogP contribution >= 0.6 is 0 Å². The minimum Gasteiger partial charge on any atom is -0.354 e. The zero-order chi connectivity index (χ0) is 19.7. The van der Waals surface area contributed by atoms with Crippen LogP contribution in [0.3, 0.4) is 0 Å². The molecule has 142 valence electrons. The molecule has 3 heterocycles. The number of nitrogens with zero attached hydrogens (tertiary/aromatic N) is 5. The lowest BCUT2D eigenvalue weighted by Gasteiger charge is -2.34. The first-order valence-corrected chi connectivity index (χ1v) is 10.2. The third-order valence-corrected chi connectivity index (χ3v) is 6.70. The molecule has 0 N–H and O–H groups in total. The lowest BCUT2D eigenvalue weighted by Crippen LogP contribution is -2.49. The molecule has 8 nitrogen and oxygen atoms in total. The number of fused-ring (bicyclic) bond motifs is 1. The molecule has 1 aliphatic heterocycles. The molecule has 4 rings (SSSR count). The summed E-state index contributed by atoms with van der Waals surface area (Å²) in [7, 11) is -3.76. The fraction of sp³-hybridized carbons (Fsp3) is 0.211. The maximum atomic E-state index is 12.9. The maximum absolute atomic E-state index is 12.9. The van der Waals surface area contributed by atoms with Crippen molar-refractivity contribution in [2.45, 2.75) is 4.90 Å². The molecule has 0 radical (unpaired) electrons. The number of pyridine rings is 1. The summed E-state index contributed by atoms with van der Waals surface area (Å²) in [5, 5.41) is 9.20. The molecule has 0 unspecified atom stereocenters. The number of sulfonamides is 1. The van der Waals surface area contributed by atoms with Crippen LogP contribution < -0.4 is 10.5 Å². The van der Waals surface area contributed by atoms with Crippen molar-refractivity contribution < 1.29 is 8.42 Å². The van der Waals surface area contributed by atoms with Gasteiger partial charge in [-0.3, -0.25) is 9.20 Å². The van der Waals surface area contributed by atoms with Crippen LogP contribution in [0.25, 0.3) is 5.65 Å².